The molecule has 0 bridgehead atoms. The molecule has 0 amide bonds. The van der Waals surface area contributed by atoms with Gasteiger partial charge in [0.15, 0.2) is 0 Å². The number of hydrogen-bond donors (Lipinski definition) is 0. The summed E-state index contributed by atoms with van der Waals surface area (Å²) < 4.78 is 0. The van der Waals surface area contributed by atoms with Gasteiger partial charge in [0.25, 0.3) is 0 Å². The Kier molecular flexibility index (Phi) is 28.3. The molecule has 0 spiro atoms. The van der Waals surface area contributed by atoms with Crippen LogP contribution in [0.2, 0.25) is 0 Å². The Hall–Kier alpha value is 1.78. The average Bonchev–Trinajstić information content (AvgIpc) is 1.39. The molecule has 0 aromatic rings. The molecule has 0 atom stereocenters. The summed E-state index contributed by atoms with van der Waals surface area (Å²) in [7, 11) is 0.628. The van der Waals surface area contributed by atoms with Crippen molar-refractivity contribution in [2.45, 2.75) is 6.92 Å². The van der Waals surface area contributed by atoms with E-state index in [0.29, 0.717) is 9.47 Å². The predicted molar refractivity (Wildman–Crippen MR) is 43.9 cm³/mol. The zero-order valence-electron chi connectivity index (χ0n) is 3.49. The van der Waals surface area contributed by atoms with Crippen molar-refractivity contribution in [1.29, 1.82) is 0 Å². The second-order valence-electron chi connectivity index (χ2n) is 0.472. The quantitative estimate of drug-likeness (QED) is 0.467. The fourth-order valence-corrected chi connectivity index (χ4v) is 0. The SMILES string of the molecule is C=CC.[I][V][I]. The molecule has 0 aromatic heterocycles. The van der Waals surface area contributed by atoms with Crippen molar-refractivity contribution in [2.24, 2.45) is 0 Å². The van der Waals surface area contributed by atoms with Gasteiger partial charge in [-0.25, -0.2) is 0 Å². The van der Waals surface area contributed by atoms with E-state index in [1.807, 2.05) is 6.92 Å². The first-order valence-electron chi connectivity index (χ1n) is 1.32. The van der Waals surface area contributed by atoms with Gasteiger partial charge in [-0.1, -0.05) is 6.08 Å². The minimum atomic E-state index is 0.628. The average molecular weight is 347 g/mol. The number of hydrogen-bond acceptors (Lipinski definition) is 0. The molecule has 0 aliphatic rings. The fraction of sp³-hybridized carbons (Fsp3) is 0.333. The summed E-state index contributed by atoms with van der Waals surface area (Å²) in [6.07, 6.45) is 1.75. The van der Waals surface area contributed by atoms with Gasteiger partial charge in [0, 0.05) is 0 Å². The van der Waals surface area contributed by atoms with E-state index in [2.05, 4.69) is 46.5 Å². The number of allylic oxidation sites excluding steroid dienone is 1. The summed E-state index contributed by atoms with van der Waals surface area (Å²) >= 11 is 4.74. The Bertz CT molecular complexity index is 22.8. The third-order valence-corrected chi connectivity index (χ3v) is 0. The molecule has 0 aliphatic heterocycles. The molecule has 0 heterocycles. The van der Waals surface area contributed by atoms with Gasteiger partial charge in [0.2, 0.25) is 0 Å². The van der Waals surface area contributed by atoms with Gasteiger partial charge in [-0.3, -0.25) is 0 Å². The van der Waals surface area contributed by atoms with Crippen molar-refractivity contribution < 1.29 is 9.47 Å². The number of halogens is 2. The summed E-state index contributed by atoms with van der Waals surface area (Å²) in [6, 6.07) is 0. The Morgan fingerprint density at radius 3 is 1.67 bits per heavy atom. The monoisotopic (exact) mass is 347 g/mol. The van der Waals surface area contributed by atoms with Crippen molar-refractivity contribution in [3.63, 3.8) is 0 Å². The summed E-state index contributed by atoms with van der Waals surface area (Å²) in [5.74, 6) is 0. The summed E-state index contributed by atoms with van der Waals surface area (Å²) in [4.78, 5) is 0. The second kappa shape index (κ2) is 15.9. The molecule has 3 heteroatoms. The van der Waals surface area contributed by atoms with Crippen molar-refractivity contribution in [3.8, 4) is 0 Å². The molecule has 0 saturated heterocycles. The van der Waals surface area contributed by atoms with E-state index in [1.54, 1.807) is 6.08 Å². The van der Waals surface area contributed by atoms with E-state index < -0.39 is 0 Å². The van der Waals surface area contributed by atoms with Crippen LogP contribution < -0.4 is 0 Å². The Morgan fingerprint density at radius 2 is 1.67 bits per heavy atom. The first-order chi connectivity index (χ1) is 2.83. The topological polar surface area (TPSA) is 0 Å². The fourth-order valence-electron chi connectivity index (χ4n) is 0. The molecule has 0 radical (unpaired) electrons. The first-order valence-corrected chi connectivity index (χ1v) is 10.3. The molecule has 0 N–H and O–H groups in total. The molecule has 0 fully saturated rings. The van der Waals surface area contributed by atoms with Crippen LogP contribution in [0.5, 0.6) is 0 Å². The maximum absolute atomic E-state index is 3.36. The van der Waals surface area contributed by atoms with Gasteiger partial charge in [0.1, 0.15) is 0 Å². The van der Waals surface area contributed by atoms with Gasteiger partial charge >= 0.3 is 49.4 Å². The third-order valence-electron chi connectivity index (χ3n) is 0. The van der Waals surface area contributed by atoms with Crippen LogP contribution in [0.4, 0.5) is 0 Å². The van der Waals surface area contributed by atoms with E-state index in [4.69, 9.17) is 0 Å². The van der Waals surface area contributed by atoms with Crippen LogP contribution in [-0.2, 0) is 9.47 Å². The maximum atomic E-state index is 3.36. The molecule has 0 saturated carbocycles. The minimum absolute atomic E-state index is 0.628. The van der Waals surface area contributed by atoms with Gasteiger partial charge in [-0.2, -0.15) is 0 Å². The Balaban J connectivity index is 0. The molecule has 6 heavy (non-hydrogen) atoms. The molecular formula is C3H6I2V. The summed E-state index contributed by atoms with van der Waals surface area (Å²) in [6.45, 7) is 5.25. The van der Waals surface area contributed by atoms with Crippen LogP contribution in [0.3, 0.4) is 0 Å². The standard InChI is InChI=1S/C3H6.2HI.V/c1-3-2;;;/h3H,1H2,2H3;2*1H;/q;;;+2/p-2. The first kappa shape index (κ1) is 10.7. The normalized spacial score (nSPS) is 4.50. The molecule has 0 rings (SSSR count). The van der Waals surface area contributed by atoms with Crippen LogP contribution >= 0.6 is 40.0 Å². The van der Waals surface area contributed by atoms with E-state index in [0.717, 1.165) is 0 Å². The zero-order valence-corrected chi connectivity index (χ0v) is 9.20. The molecule has 0 nitrogen and oxygen atoms in total. The Morgan fingerprint density at radius 1 is 1.67 bits per heavy atom. The Labute approximate surface area is 68.0 Å². The summed E-state index contributed by atoms with van der Waals surface area (Å²) in [5, 5.41) is 0. The van der Waals surface area contributed by atoms with Gasteiger partial charge in [-0.05, 0) is 6.92 Å². The van der Waals surface area contributed by atoms with Gasteiger partial charge in [0.05, 0.1) is 0 Å². The third kappa shape index (κ3) is 41.6. The molecule has 0 aliphatic carbocycles. The predicted octanol–water partition coefficient (Wildman–Crippen LogP) is 2.96. The van der Waals surface area contributed by atoms with Crippen LogP contribution in [0.25, 0.3) is 0 Å². The molecular weight excluding hydrogens is 341 g/mol. The van der Waals surface area contributed by atoms with Crippen molar-refractivity contribution in [1.82, 2.24) is 0 Å². The molecule has 0 unspecified atom stereocenters. The van der Waals surface area contributed by atoms with E-state index >= 15 is 0 Å². The van der Waals surface area contributed by atoms with Gasteiger partial charge in [-0.15, -0.1) is 6.58 Å². The molecule has 0 aromatic carbocycles. The second-order valence-corrected chi connectivity index (χ2v) is 12.3. The van der Waals surface area contributed by atoms with E-state index in [9.17, 15) is 0 Å². The molecule has 37 valence electrons. The van der Waals surface area contributed by atoms with E-state index in [1.165, 1.54) is 0 Å². The van der Waals surface area contributed by atoms with Crippen molar-refractivity contribution in [3.05, 3.63) is 12.7 Å². The number of rotatable bonds is 0. The summed E-state index contributed by atoms with van der Waals surface area (Å²) in [5.41, 5.74) is 0. The zero-order chi connectivity index (χ0) is 5.41. The van der Waals surface area contributed by atoms with Crippen LogP contribution in [0.15, 0.2) is 12.7 Å². The van der Waals surface area contributed by atoms with Crippen molar-refractivity contribution in [2.75, 3.05) is 0 Å². The van der Waals surface area contributed by atoms with Crippen LogP contribution in [0, 0.1) is 0 Å². The van der Waals surface area contributed by atoms with Gasteiger partial charge < -0.3 is 0 Å². The van der Waals surface area contributed by atoms with Crippen molar-refractivity contribution >= 4 is 40.0 Å². The van der Waals surface area contributed by atoms with E-state index in [-0.39, 0.29) is 0 Å². The van der Waals surface area contributed by atoms with Crippen LogP contribution in [0.1, 0.15) is 6.92 Å². The van der Waals surface area contributed by atoms with Crippen LogP contribution in [-0.4, -0.2) is 0 Å².